The molecule has 25 heavy (non-hydrogen) atoms. The Bertz CT molecular complexity index is 611. The fraction of sp³-hybridized carbons (Fsp3) is 0.500. The van der Waals surface area contributed by atoms with Gasteiger partial charge >= 0.3 is 0 Å². The summed E-state index contributed by atoms with van der Waals surface area (Å²) in [7, 11) is 0. The number of carbonyl (C=O) groups is 1. The second-order valence-electron chi connectivity index (χ2n) is 6.55. The molecule has 2 rings (SSSR count). The lowest BCUT2D eigenvalue weighted by molar-refractivity contribution is -0.120. The zero-order valence-corrected chi connectivity index (χ0v) is 15.8. The van der Waals surface area contributed by atoms with Gasteiger partial charge in [0.25, 0.3) is 5.91 Å². The van der Waals surface area contributed by atoms with Crippen molar-refractivity contribution in [1.29, 1.82) is 0 Å². The maximum absolute atomic E-state index is 12.8. The van der Waals surface area contributed by atoms with Gasteiger partial charge in [-0.25, -0.2) is 0 Å². The highest BCUT2D eigenvalue weighted by Gasteiger charge is 2.34. The number of allylic oxidation sites excluding steroid dienone is 5. The Balaban J connectivity index is 2.03. The molecule has 5 heteroatoms. The molecule has 1 aliphatic heterocycles. The van der Waals surface area contributed by atoms with E-state index in [1.807, 2.05) is 24.5 Å². The number of amides is 1. The van der Waals surface area contributed by atoms with Crippen molar-refractivity contribution >= 4 is 23.4 Å². The fourth-order valence-corrected chi connectivity index (χ4v) is 4.06. The zero-order valence-electron chi connectivity index (χ0n) is 15.0. The van der Waals surface area contributed by atoms with Gasteiger partial charge in [-0.1, -0.05) is 61.9 Å². The van der Waals surface area contributed by atoms with E-state index in [2.05, 4.69) is 23.0 Å². The highest BCUT2D eigenvalue weighted by molar-refractivity contribution is 8.06. The van der Waals surface area contributed by atoms with Crippen LogP contribution < -0.4 is 5.32 Å². The summed E-state index contributed by atoms with van der Waals surface area (Å²) in [6.07, 6.45) is 13.5. The number of aliphatic imine (C=N–C) groups is 1. The predicted molar refractivity (Wildman–Crippen MR) is 107 cm³/mol. The molecule has 1 fully saturated rings. The van der Waals surface area contributed by atoms with Crippen molar-refractivity contribution in [1.82, 2.24) is 5.32 Å². The minimum Gasteiger partial charge on any atom is -0.394 e. The monoisotopic (exact) mass is 360 g/mol. The lowest BCUT2D eigenvalue weighted by Crippen LogP contribution is -2.53. The SMILES string of the molecule is C=CC=CC/C=C/SC1=C(C(=O)NC2(CO)CCCCC2)CN=C1C. The number of nitrogens with one attached hydrogen (secondary N) is 1. The van der Waals surface area contributed by atoms with Crippen molar-refractivity contribution in [3.63, 3.8) is 0 Å². The first-order valence-electron chi connectivity index (χ1n) is 8.89. The van der Waals surface area contributed by atoms with Crippen molar-refractivity contribution in [3.05, 3.63) is 46.8 Å². The molecule has 1 saturated carbocycles. The predicted octanol–water partition coefficient (Wildman–Crippen LogP) is 3.91. The van der Waals surface area contributed by atoms with E-state index in [4.69, 9.17) is 0 Å². The van der Waals surface area contributed by atoms with Crippen molar-refractivity contribution in [3.8, 4) is 0 Å². The van der Waals surface area contributed by atoms with Crippen LogP contribution in [0.4, 0.5) is 0 Å². The van der Waals surface area contributed by atoms with Crippen LogP contribution in [0.2, 0.25) is 0 Å². The van der Waals surface area contributed by atoms with Crippen molar-refractivity contribution in [2.45, 2.75) is 51.0 Å². The molecule has 0 saturated heterocycles. The number of hydrogen-bond acceptors (Lipinski definition) is 4. The first-order chi connectivity index (χ1) is 12.1. The number of rotatable bonds is 8. The Morgan fingerprint density at radius 1 is 1.36 bits per heavy atom. The van der Waals surface area contributed by atoms with Crippen molar-refractivity contribution in [2.24, 2.45) is 4.99 Å². The first kappa shape index (κ1) is 19.7. The molecule has 4 nitrogen and oxygen atoms in total. The number of carbonyl (C=O) groups excluding carboxylic acids is 1. The lowest BCUT2D eigenvalue weighted by atomic mass is 9.82. The van der Waals surface area contributed by atoms with Crippen LogP contribution in [0.3, 0.4) is 0 Å². The van der Waals surface area contributed by atoms with Crippen LogP contribution >= 0.6 is 11.8 Å². The number of nitrogens with zero attached hydrogens (tertiary/aromatic N) is 1. The molecule has 136 valence electrons. The largest absolute Gasteiger partial charge is 0.394 e. The summed E-state index contributed by atoms with van der Waals surface area (Å²) in [5, 5.41) is 14.9. The zero-order chi connectivity index (χ0) is 18.1. The Morgan fingerprint density at radius 3 is 2.80 bits per heavy atom. The number of aliphatic hydroxyl groups is 1. The highest BCUT2D eigenvalue weighted by atomic mass is 32.2. The van der Waals surface area contributed by atoms with Gasteiger partial charge in [-0.15, -0.1) is 0 Å². The maximum Gasteiger partial charge on any atom is 0.250 e. The van der Waals surface area contributed by atoms with Crippen molar-refractivity contribution in [2.75, 3.05) is 13.2 Å². The molecule has 0 unspecified atom stereocenters. The molecule has 0 spiro atoms. The Morgan fingerprint density at radius 2 is 2.12 bits per heavy atom. The molecule has 1 amide bonds. The van der Waals surface area contributed by atoms with Crippen LogP contribution in [-0.2, 0) is 4.79 Å². The van der Waals surface area contributed by atoms with E-state index in [1.165, 1.54) is 6.42 Å². The minimum atomic E-state index is -0.458. The molecule has 0 radical (unpaired) electrons. The summed E-state index contributed by atoms with van der Waals surface area (Å²) >= 11 is 1.54. The normalized spacial score (nSPS) is 20.3. The van der Waals surface area contributed by atoms with Gasteiger partial charge in [-0.05, 0) is 31.6 Å². The average Bonchev–Trinajstić information content (AvgIpc) is 2.99. The van der Waals surface area contributed by atoms with E-state index in [0.717, 1.165) is 42.7 Å². The molecular formula is C20H28N2O2S. The van der Waals surface area contributed by atoms with Gasteiger partial charge in [-0.2, -0.15) is 0 Å². The van der Waals surface area contributed by atoms with E-state index in [0.29, 0.717) is 12.1 Å². The summed E-state index contributed by atoms with van der Waals surface area (Å²) in [5.74, 6) is -0.0843. The van der Waals surface area contributed by atoms with Gasteiger partial charge in [0.1, 0.15) is 0 Å². The molecular weight excluding hydrogens is 332 g/mol. The third-order valence-corrected chi connectivity index (χ3v) is 5.78. The number of aliphatic hydroxyl groups excluding tert-OH is 1. The molecule has 0 atom stereocenters. The van der Waals surface area contributed by atoms with Gasteiger partial charge in [0.05, 0.1) is 24.3 Å². The Kier molecular flexibility index (Phi) is 7.72. The van der Waals surface area contributed by atoms with Crippen LogP contribution in [0.1, 0.15) is 45.4 Å². The smallest absolute Gasteiger partial charge is 0.250 e. The van der Waals surface area contributed by atoms with E-state index < -0.39 is 5.54 Å². The lowest BCUT2D eigenvalue weighted by Gasteiger charge is -2.36. The van der Waals surface area contributed by atoms with Crippen molar-refractivity contribution < 1.29 is 9.90 Å². The first-order valence-corrected chi connectivity index (χ1v) is 9.77. The van der Waals surface area contributed by atoms with E-state index in [1.54, 1.807) is 17.8 Å². The molecule has 1 heterocycles. The van der Waals surface area contributed by atoms with E-state index >= 15 is 0 Å². The molecule has 2 aliphatic rings. The molecule has 0 aromatic rings. The average molecular weight is 361 g/mol. The highest BCUT2D eigenvalue weighted by Crippen LogP contribution is 2.31. The quantitative estimate of drug-likeness (QED) is 0.645. The maximum atomic E-state index is 12.8. The number of thioether (sulfide) groups is 1. The molecule has 1 aliphatic carbocycles. The van der Waals surface area contributed by atoms with Crippen LogP contribution in [0.25, 0.3) is 0 Å². The van der Waals surface area contributed by atoms with Gasteiger partial charge in [0.15, 0.2) is 0 Å². The Hall–Kier alpha value is -1.59. The summed E-state index contributed by atoms with van der Waals surface area (Å²) in [5.41, 5.74) is 1.16. The van der Waals surface area contributed by atoms with E-state index in [9.17, 15) is 9.90 Å². The van der Waals surface area contributed by atoms with Crippen LogP contribution in [0.15, 0.2) is 51.8 Å². The fourth-order valence-electron chi connectivity index (χ4n) is 3.18. The minimum absolute atomic E-state index is 0.00385. The summed E-state index contributed by atoms with van der Waals surface area (Å²) < 4.78 is 0. The molecule has 0 bridgehead atoms. The van der Waals surface area contributed by atoms with Crippen LogP contribution in [0.5, 0.6) is 0 Å². The van der Waals surface area contributed by atoms with Gasteiger partial charge in [0, 0.05) is 10.6 Å². The van der Waals surface area contributed by atoms with Gasteiger partial charge < -0.3 is 10.4 Å². The second kappa shape index (κ2) is 9.78. The third kappa shape index (κ3) is 5.44. The topological polar surface area (TPSA) is 61.7 Å². The molecule has 0 aromatic heterocycles. The standard InChI is InChI=1S/C20H28N2O2S/c1-3-4-5-6-10-13-25-18-16(2)21-14-17(18)19(24)22-20(15-23)11-8-7-9-12-20/h3-5,10,13,23H,1,6-9,11-12,14-15H2,2H3,(H,22,24)/b5-4?,13-10+. The summed E-state index contributed by atoms with van der Waals surface area (Å²) in [4.78, 5) is 18.2. The summed E-state index contributed by atoms with van der Waals surface area (Å²) in [6.45, 7) is 6.01. The van der Waals surface area contributed by atoms with Crippen LogP contribution in [-0.4, -0.2) is 35.4 Å². The molecule has 2 N–H and O–H groups in total. The second-order valence-corrected chi connectivity index (χ2v) is 7.47. The van der Waals surface area contributed by atoms with Gasteiger partial charge in [-0.3, -0.25) is 9.79 Å². The number of hydrogen-bond donors (Lipinski definition) is 2. The third-order valence-electron chi connectivity index (χ3n) is 4.67. The van der Waals surface area contributed by atoms with E-state index in [-0.39, 0.29) is 12.5 Å². The van der Waals surface area contributed by atoms with Crippen LogP contribution in [0, 0.1) is 0 Å². The Labute approximate surface area is 154 Å². The molecule has 0 aromatic carbocycles. The van der Waals surface area contributed by atoms with Gasteiger partial charge in [0.2, 0.25) is 0 Å². The summed E-state index contributed by atoms with van der Waals surface area (Å²) in [6, 6.07) is 0.